The Balaban J connectivity index is 2.08. The molecule has 5 heteroatoms. The maximum Gasteiger partial charge on any atom is 0.336 e. The van der Waals surface area contributed by atoms with Crippen LogP contribution in [0.1, 0.15) is 12.8 Å². The molecule has 1 atom stereocenters. The van der Waals surface area contributed by atoms with E-state index in [1.807, 2.05) is 6.07 Å². The molecule has 18 heavy (non-hydrogen) atoms. The maximum absolute atomic E-state index is 12.1. The highest BCUT2D eigenvalue weighted by Crippen LogP contribution is 2.13. The number of carboxylic acid groups (broad SMARTS) is 1. The highest BCUT2D eigenvalue weighted by atomic mass is 16.4. The average Bonchev–Trinajstić information content (AvgIpc) is 2.90. The van der Waals surface area contributed by atoms with Crippen LogP contribution in [-0.2, 0) is 9.59 Å². The molecule has 5 nitrogen and oxygen atoms in total. The predicted octanol–water partition coefficient (Wildman–Crippen LogP) is 1.17. The van der Waals surface area contributed by atoms with E-state index in [0.29, 0.717) is 18.8 Å². The Morgan fingerprint density at radius 3 is 2.33 bits per heavy atom. The Hall–Kier alpha value is -2.04. The zero-order valence-electron chi connectivity index (χ0n) is 10.0. The molecule has 1 aliphatic heterocycles. The van der Waals surface area contributed by atoms with Gasteiger partial charge in [0.05, 0.1) is 0 Å². The van der Waals surface area contributed by atoms with Gasteiger partial charge < -0.3 is 15.3 Å². The highest BCUT2D eigenvalue weighted by Gasteiger charge is 2.31. The number of amides is 1. The molecule has 1 aromatic carbocycles. The van der Waals surface area contributed by atoms with Crippen molar-refractivity contribution in [3.05, 3.63) is 30.3 Å². The van der Waals surface area contributed by atoms with E-state index in [4.69, 9.17) is 5.11 Å². The van der Waals surface area contributed by atoms with Crippen LogP contribution in [0.2, 0.25) is 0 Å². The number of anilines is 1. The Kier molecular flexibility index (Phi) is 3.82. The quantitative estimate of drug-likeness (QED) is 0.785. The lowest BCUT2D eigenvalue weighted by atomic mass is 10.2. The average molecular weight is 248 g/mol. The molecule has 0 radical (unpaired) electrons. The molecule has 1 saturated heterocycles. The van der Waals surface area contributed by atoms with Crippen molar-refractivity contribution >= 4 is 17.6 Å². The number of hydrogen-bond acceptors (Lipinski definition) is 3. The molecule has 1 aromatic rings. The van der Waals surface area contributed by atoms with Crippen molar-refractivity contribution in [3.8, 4) is 0 Å². The lowest BCUT2D eigenvalue weighted by molar-refractivity contribution is -0.145. The van der Waals surface area contributed by atoms with Gasteiger partial charge in [-0.15, -0.1) is 0 Å². The Bertz CT molecular complexity index is 427. The van der Waals surface area contributed by atoms with Crippen LogP contribution in [0.5, 0.6) is 0 Å². The molecule has 1 amide bonds. The standard InChI is InChI=1S/C13H16N2O3/c16-12(15-8-4-5-9-15)11(13(17)18)14-10-6-2-1-3-7-10/h1-3,6-7,11,14H,4-5,8-9H2,(H,17,18)/t11-/m0/s1. The molecule has 0 bridgehead atoms. The summed E-state index contributed by atoms with van der Waals surface area (Å²) in [6.45, 7) is 1.30. The van der Waals surface area contributed by atoms with Crippen LogP contribution < -0.4 is 5.32 Å². The first-order chi connectivity index (χ1) is 8.68. The fourth-order valence-corrected chi connectivity index (χ4v) is 2.05. The van der Waals surface area contributed by atoms with E-state index >= 15 is 0 Å². The molecule has 1 fully saturated rings. The number of nitrogens with zero attached hydrogens (tertiary/aromatic N) is 1. The van der Waals surface area contributed by atoms with Gasteiger partial charge in [0.15, 0.2) is 0 Å². The van der Waals surface area contributed by atoms with E-state index in [1.54, 1.807) is 29.2 Å². The monoisotopic (exact) mass is 248 g/mol. The van der Waals surface area contributed by atoms with Gasteiger partial charge >= 0.3 is 5.97 Å². The van der Waals surface area contributed by atoms with Crippen LogP contribution in [0, 0.1) is 0 Å². The van der Waals surface area contributed by atoms with Crippen LogP contribution >= 0.6 is 0 Å². The number of carboxylic acids is 1. The Morgan fingerprint density at radius 2 is 1.78 bits per heavy atom. The molecule has 0 aromatic heterocycles. The summed E-state index contributed by atoms with van der Waals surface area (Å²) in [5.74, 6) is -1.50. The molecule has 96 valence electrons. The van der Waals surface area contributed by atoms with E-state index in [9.17, 15) is 9.59 Å². The third-order valence-electron chi connectivity index (χ3n) is 3.00. The van der Waals surface area contributed by atoms with Crippen LogP contribution in [0.25, 0.3) is 0 Å². The number of hydrogen-bond donors (Lipinski definition) is 2. The summed E-state index contributed by atoms with van der Waals surface area (Å²) in [7, 11) is 0. The van der Waals surface area contributed by atoms with Crippen LogP contribution in [-0.4, -0.2) is 41.0 Å². The number of para-hydroxylation sites is 1. The number of aliphatic carboxylic acids is 1. The fraction of sp³-hybridized carbons (Fsp3) is 0.385. The Morgan fingerprint density at radius 1 is 1.17 bits per heavy atom. The van der Waals surface area contributed by atoms with E-state index < -0.39 is 12.0 Å². The molecular weight excluding hydrogens is 232 g/mol. The van der Waals surface area contributed by atoms with Gasteiger partial charge in [-0.1, -0.05) is 18.2 Å². The smallest absolute Gasteiger partial charge is 0.336 e. The van der Waals surface area contributed by atoms with Gasteiger partial charge in [-0.25, -0.2) is 4.79 Å². The van der Waals surface area contributed by atoms with Crippen molar-refractivity contribution in [1.29, 1.82) is 0 Å². The zero-order chi connectivity index (χ0) is 13.0. The summed E-state index contributed by atoms with van der Waals surface area (Å²) in [6, 6.07) is 7.71. The second-order valence-corrected chi connectivity index (χ2v) is 4.31. The predicted molar refractivity (Wildman–Crippen MR) is 67.3 cm³/mol. The lowest BCUT2D eigenvalue weighted by Crippen LogP contribution is -2.46. The third-order valence-corrected chi connectivity index (χ3v) is 3.00. The largest absolute Gasteiger partial charge is 0.479 e. The minimum atomic E-state index is -1.20. The van der Waals surface area contributed by atoms with Crippen LogP contribution in [0.4, 0.5) is 5.69 Å². The number of nitrogens with one attached hydrogen (secondary N) is 1. The van der Waals surface area contributed by atoms with Gasteiger partial charge in [0, 0.05) is 18.8 Å². The summed E-state index contributed by atoms with van der Waals surface area (Å²) in [6.07, 6.45) is 1.90. The van der Waals surface area contributed by atoms with Crippen molar-refractivity contribution in [2.75, 3.05) is 18.4 Å². The normalized spacial score (nSPS) is 16.3. The van der Waals surface area contributed by atoms with Gasteiger partial charge in [-0.3, -0.25) is 4.79 Å². The second-order valence-electron chi connectivity index (χ2n) is 4.31. The van der Waals surface area contributed by atoms with Gasteiger partial charge in [0.25, 0.3) is 5.91 Å². The number of carbonyl (C=O) groups excluding carboxylic acids is 1. The number of rotatable bonds is 4. The minimum Gasteiger partial charge on any atom is -0.479 e. The molecule has 2 N–H and O–H groups in total. The summed E-state index contributed by atoms with van der Waals surface area (Å²) in [5.41, 5.74) is 0.637. The number of benzene rings is 1. The maximum atomic E-state index is 12.1. The first kappa shape index (κ1) is 12.4. The molecule has 1 aliphatic rings. The molecule has 1 heterocycles. The molecular formula is C13H16N2O3. The van der Waals surface area contributed by atoms with Gasteiger partial charge in [-0.2, -0.15) is 0 Å². The fourth-order valence-electron chi connectivity index (χ4n) is 2.05. The second kappa shape index (κ2) is 5.53. The molecule has 0 spiro atoms. The van der Waals surface area contributed by atoms with Crippen molar-refractivity contribution in [2.45, 2.75) is 18.9 Å². The van der Waals surface area contributed by atoms with Gasteiger partial charge in [-0.05, 0) is 25.0 Å². The first-order valence-corrected chi connectivity index (χ1v) is 6.01. The van der Waals surface area contributed by atoms with Crippen LogP contribution in [0.3, 0.4) is 0 Å². The van der Waals surface area contributed by atoms with Gasteiger partial charge in [0.1, 0.15) is 0 Å². The van der Waals surface area contributed by atoms with E-state index in [0.717, 1.165) is 12.8 Å². The summed E-state index contributed by atoms with van der Waals surface area (Å²) in [4.78, 5) is 24.9. The highest BCUT2D eigenvalue weighted by molar-refractivity contribution is 6.03. The third kappa shape index (κ3) is 2.80. The van der Waals surface area contributed by atoms with Crippen LogP contribution in [0.15, 0.2) is 30.3 Å². The molecule has 2 rings (SSSR count). The summed E-state index contributed by atoms with van der Waals surface area (Å²) < 4.78 is 0. The van der Waals surface area contributed by atoms with Crippen molar-refractivity contribution in [1.82, 2.24) is 4.90 Å². The summed E-state index contributed by atoms with van der Waals surface area (Å²) in [5, 5.41) is 11.9. The van der Waals surface area contributed by atoms with E-state index in [-0.39, 0.29) is 5.91 Å². The van der Waals surface area contributed by atoms with Gasteiger partial charge in [0.2, 0.25) is 6.04 Å². The molecule has 0 unspecified atom stereocenters. The number of likely N-dealkylation sites (tertiary alicyclic amines) is 1. The van der Waals surface area contributed by atoms with E-state index in [2.05, 4.69) is 5.32 Å². The van der Waals surface area contributed by atoms with Crippen molar-refractivity contribution in [2.24, 2.45) is 0 Å². The topological polar surface area (TPSA) is 69.6 Å². The molecule has 0 saturated carbocycles. The lowest BCUT2D eigenvalue weighted by Gasteiger charge is -2.21. The minimum absolute atomic E-state index is 0.358. The molecule has 0 aliphatic carbocycles. The van der Waals surface area contributed by atoms with Crippen molar-refractivity contribution < 1.29 is 14.7 Å². The van der Waals surface area contributed by atoms with Crippen molar-refractivity contribution in [3.63, 3.8) is 0 Å². The van der Waals surface area contributed by atoms with E-state index in [1.165, 1.54) is 0 Å². The SMILES string of the molecule is O=C(O)[C@@H](Nc1ccccc1)C(=O)N1CCCC1. The Labute approximate surface area is 105 Å². The summed E-state index contributed by atoms with van der Waals surface area (Å²) >= 11 is 0. The number of carbonyl (C=O) groups is 2. The first-order valence-electron chi connectivity index (χ1n) is 6.01. The zero-order valence-corrected chi connectivity index (χ0v) is 10.0.